The Balaban J connectivity index is 1.54. The Morgan fingerprint density at radius 2 is 2.00 bits per heavy atom. The lowest BCUT2D eigenvalue weighted by atomic mass is 9.73. The van der Waals surface area contributed by atoms with Gasteiger partial charge in [-0.25, -0.2) is 9.78 Å². The van der Waals surface area contributed by atoms with Crippen LogP contribution in [-0.2, 0) is 4.74 Å². The zero-order valence-corrected chi connectivity index (χ0v) is 11.7. The SMILES string of the molecule is NC(=O)c1ccc(NC(=O)N2CC3(CCOCC3)C2)cn1. The third kappa shape index (κ3) is 2.82. The van der Waals surface area contributed by atoms with Crippen LogP contribution in [0.2, 0.25) is 0 Å². The highest BCUT2D eigenvalue weighted by molar-refractivity contribution is 5.92. The lowest BCUT2D eigenvalue weighted by molar-refractivity contribution is -0.0596. The van der Waals surface area contributed by atoms with Gasteiger partial charge in [0.25, 0.3) is 5.91 Å². The number of nitrogens with one attached hydrogen (secondary N) is 1. The van der Waals surface area contributed by atoms with Crippen molar-refractivity contribution < 1.29 is 14.3 Å². The summed E-state index contributed by atoms with van der Waals surface area (Å²) in [4.78, 5) is 28.7. The molecular weight excluding hydrogens is 272 g/mol. The highest BCUT2D eigenvalue weighted by Gasteiger charge is 2.45. The van der Waals surface area contributed by atoms with E-state index in [4.69, 9.17) is 10.5 Å². The van der Waals surface area contributed by atoms with Crippen LogP contribution in [-0.4, -0.2) is 48.1 Å². The van der Waals surface area contributed by atoms with Gasteiger partial charge in [-0.15, -0.1) is 0 Å². The molecule has 2 saturated heterocycles. The van der Waals surface area contributed by atoms with E-state index in [1.807, 2.05) is 0 Å². The highest BCUT2D eigenvalue weighted by Crippen LogP contribution is 2.39. The largest absolute Gasteiger partial charge is 0.381 e. The summed E-state index contributed by atoms with van der Waals surface area (Å²) in [6, 6.07) is 2.98. The van der Waals surface area contributed by atoms with Gasteiger partial charge >= 0.3 is 6.03 Å². The second-order valence-electron chi connectivity index (χ2n) is 5.69. The van der Waals surface area contributed by atoms with Crippen LogP contribution in [0.5, 0.6) is 0 Å². The van der Waals surface area contributed by atoms with E-state index in [1.54, 1.807) is 11.0 Å². The van der Waals surface area contributed by atoms with Crippen molar-refractivity contribution in [3.8, 4) is 0 Å². The number of aromatic nitrogens is 1. The number of likely N-dealkylation sites (tertiary alicyclic amines) is 1. The monoisotopic (exact) mass is 290 g/mol. The number of pyridine rings is 1. The fourth-order valence-corrected chi connectivity index (χ4v) is 2.84. The minimum absolute atomic E-state index is 0.138. The summed E-state index contributed by atoms with van der Waals surface area (Å²) < 4.78 is 5.36. The molecule has 0 aliphatic carbocycles. The normalized spacial score (nSPS) is 19.9. The van der Waals surface area contributed by atoms with Gasteiger partial charge in [0.1, 0.15) is 5.69 Å². The summed E-state index contributed by atoms with van der Waals surface area (Å²) in [5.41, 5.74) is 6.10. The molecule has 3 amide bonds. The first-order valence-electron chi connectivity index (χ1n) is 6.98. The number of amides is 3. The van der Waals surface area contributed by atoms with Crippen LogP contribution < -0.4 is 11.1 Å². The number of anilines is 1. The van der Waals surface area contributed by atoms with Crippen molar-refractivity contribution in [3.63, 3.8) is 0 Å². The van der Waals surface area contributed by atoms with Crippen LogP contribution in [0, 0.1) is 5.41 Å². The molecule has 7 nitrogen and oxygen atoms in total. The Morgan fingerprint density at radius 3 is 2.57 bits per heavy atom. The van der Waals surface area contributed by atoms with Gasteiger partial charge in [0.15, 0.2) is 0 Å². The maximum atomic E-state index is 12.1. The minimum Gasteiger partial charge on any atom is -0.381 e. The molecule has 2 aliphatic rings. The average molecular weight is 290 g/mol. The lowest BCUT2D eigenvalue weighted by Crippen LogP contribution is -2.61. The van der Waals surface area contributed by atoms with Gasteiger partial charge in [-0.3, -0.25) is 4.79 Å². The van der Waals surface area contributed by atoms with E-state index in [1.165, 1.54) is 12.3 Å². The molecule has 7 heteroatoms. The van der Waals surface area contributed by atoms with E-state index in [0.29, 0.717) is 5.69 Å². The molecule has 1 aromatic heterocycles. The van der Waals surface area contributed by atoms with E-state index >= 15 is 0 Å². The maximum Gasteiger partial charge on any atom is 0.321 e. The van der Waals surface area contributed by atoms with Crippen molar-refractivity contribution in [3.05, 3.63) is 24.0 Å². The number of carbonyl (C=O) groups excluding carboxylic acids is 2. The molecule has 1 aromatic rings. The van der Waals surface area contributed by atoms with E-state index in [9.17, 15) is 9.59 Å². The van der Waals surface area contributed by atoms with Gasteiger partial charge < -0.3 is 20.7 Å². The number of urea groups is 1. The van der Waals surface area contributed by atoms with E-state index in [2.05, 4.69) is 10.3 Å². The summed E-state index contributed by atoms with van der Waals surface area (Å²) in [7, 11) is 0. The Hall–Kier alpha value is -2.15. The number of rotatable bonds is 2. The molecule has 3 rings (SSSR count). The number of hydrogen-bond acceptors (Lipinski definition) is 4. The van der Waals surface area contributed by atoms with Gasteiger partial charge in [-0.2, -0.15) is 0 Å². The van der Waals surface area contributed by atoms with Gasteiger partial charge in [0, 0.05) is 31.7 Å². The number of primary amides is 1. The summed E-state index contributed by atoms with van der Waals surface area (Å²) >= 11 is 0. The maximum absolute atomic E-state index is 12.1. The van der Waals surface area contributed by atoms with Crippen LogP contribution in [0.4, 0.5) is 10.5 Å². The van der Waals surface area contributed by atoms with E-state index in [-0.39, 0.29) is 17.1 Å². The Bertz CT molecular complexity index is 544. The molecule has 0 atom stereocenters. The topological polar surface area (TPSA) is 97.5 Å². The fourth-order valence-electron chi connectivity index (χ4n) is 2.84. The van der Waals surface area contributed by atoms with Crippen molar-refractivity contribution in [1.82, 2.24) is 9.88 Å². The van der Waals surface area contributed by atoms with Crippen molar-refractivity contribution in [2.24, 2.45) is 11.1 Å². The molecule has 3 N–H and O–H groups in total. The second kappa shape index (κ2) is 5.33. The van der Waals surface area contributed by atoms with Gasteiger partial charge in [0.05, 0.1) is 11.9 Å². The molecule has 2 aliphatic heterocycles. The number of ether oxygens (including phenoxy) is 1. The zero-order valence-electron chi connectivity index (χ0n) is 11.7. The van der Waals surface area contributed by atoms with Crippen LogP contribution in [0.15, 0.2) is 18.3 Å². The molecule has 0 unspecified atom stereocenters. The quantitative estimate of drug-likeness (QED) is 0.842. The molecule has 112 valence electrons. The average Bonchev–Trinajstić information content (AvgIpc) is 2.46. The summed E-state index contributed by atoms with van der Waals surface area (Å²) in [6.07, 6.45) is 3.47. The van der Waals surface area contributed by atoms with Gasteiger partial charge in [-0.1, -0.05) is 0 Å². The van der Waals surface area contributed by atoms with Crippen molar-refractivity contribution in [2.75, 3.05) is 31.6 Å². The summed E-state index contributed by atoms with van der Waals surface area (Å²) in [6.45, 7) is 3.12. The van der Waals surface area contributed by atoms with Crippen LogP contribution in [0.25, 0.3) is 0 Å². The predicted molar refractivity (Wildman–Crippen MR) is 75.8 cm³/mol. The van der Waals surface area contributed by atoms with Crippen molar-refractivity contribution in [2.45, 2.75) is 12.8 Å². The highest BCUT2D eigenvalue weighted by atomic mass is 16.5. The minimum atomic E-state index is -0.586. The van der Waals surface area contributed by atoms with Crippen LogP contribution in [0.1, 0.15) is 23.3 Å². The molecule has 1 spiro atoms. The third-order valence-corrected chi connectivity index (χ3v) is 4.16. The lowest BCUT2D eigenvalue weighted by Gasteiger charge is -2.51. The molecule has 0 aromatic carbocycles. The summed E-state index contributed by atoms with van der Waals surface area (Å²) in [5.74, 6) is -0.586. The first-order valence-corrected chi connectivity index (χ1v) is 6.98. The van der Waals surface area contributed by atoms with Crippen molar-refractivity contribution >= 4 is 17.6 Å². The van der Waals surface area contributed by atoms with Crippen LogP contribution >= 0.6 is 0 Å². The second-order valence-corrected chi connectivity index (χ2v) is 5.69. The molecule has 0 radical (unpaired) electrons. The first kappa shape index (κ1) is 13.8. The predicted octanol–water partition coefficient (Wildman–Crippen LogP) is 0.825. The molecule has 0 saturated carbocycles. The Labute approximate surface area is 122 Å². The molecule has 2 fully saturated rings. The number of carbonyl (C=O) groups is 2. The molecular formula is C14H18N4O3. The van der Waals surface area contributed by atoms with Crippen LogP contribution in [0.3, 0.4) is 0 Å². The Kier molecular flexibility index (Phi) is 3.50. The van der Waals surface area contributed by atoms with Crippen molar-refractivity contribution in [1.29, 1.82) is 0 Å². The smallest absolute Gasteiger partial charge is 0.321 e. The number of nitrogens with two attached hydrogens (primary N) is 1. The number of nitrogens with zero attached hydrogens (tertiary/aromatic N) is 2. The first-order chi connectivity index (χ1) is 10.1. The fraction of sp³-hybridized carbons (Fsp3) is 0.500. The third-order valence-electron chi connectivity index (χ3n) is 4.16. The van der Waals surface area contributed by atoms with Gasteiger partial charge in [-0.05, 0) is 25.0 Å². The van der Waals surface area contributed by atoms with Gasteiger partial charge in [0.2, 0.25) is 0 Å². The van der Waals surface area contributed by atoms with E-state index in [0.717, 1.165) is 39.1 Å². The molecule has 21 heavy (non-hydrogen) atoms. The standard InChI is InChI=1S/C14H18N4O3/c15-12(19)11-2-1-10(7-16-11)17-13(20)18-8-14(9-18)3-5-21-6-4-14/h1-2,7H,3-6,8-9H2,(H2,15,19)(H,17,20). The Morgan fingerprint density at radius 1 is 1.29 bits per heavy atom. The number of hydrogen-bond donors (Lipinski definition) is 2. The zero-order chi connectivity index (χ0) is 14.9. The van der Waals surface area contributed by atoms with E-state index < -0.39 is 5.91 Å². The molecule has 3 heterocycles. The summed E-state index contributed by atoms with van der Waals surface area (Å²) in [5, 5.41) is 2.77. The molecule has 0 bridgehead atoms.